The van der Waals surface area contributed by atoms with Crippen molar-refractivity contribution < 1.29 is 14.7 Å². The monoisotopic (exact) mass is 415 g/mol. The number of unbranched alkanes of at least 4 members (excludes halogenated alkanes) is 1. The number of Topliss-reactive ketones (excluding diaryl/α,β-unsaturated/α-hetero) is 1. The van der Waals surface area contributed by atoms with E-state index in [9.17, 15) is 14.7 Å². The van der Waals surface area contributed by atoms with Crippen LogP contribution >= 0.6 is 15.9 Å². The molecule has 2 aromatic rings. The molecule has 0 saturated carbocycles. The average molecular weight is 416 g/mol. The molecule has 0 spiro atoms. The number of rotatable bonds is 6. The molecule has 0 saturated heterocycles. The fraction of sp³-hybridized carbons (Fsp3) is 0.333. The van der Waals surface area contributed by atoms with E-state index in [4.69, 9.17) is 0 Å². The van der Waals surface area contributed by atoms with Gasteiger partial charge in [0.05, 0.1) is 12.1 Å². The summed E-state index contributed by atoms with van der Waals surface area (Å²) >= 11 is 3.40. The maximum atomic E-state index is 13.0. The summed E-state index contributed by atoms with van der Waals surface area (Å²) in [7, 11) is 0. The molecule has 4 nitrogen and oxygen atoms in total. The summed E-state index contributed by atoms with van der Waals surface area (Å²) in [5.74, 6) is -0.663. The lowest BCUT2D eigenvalue weighted by Gasteiger charge is -2.22. The van der Waals surface area contributed by atoms with Crippen LogP contribution in [0.1, 0.15) is 47.7 Å². The van der Waals surface area contributed by atoms with Crippen LogP contribution in [0.2, 0.25) is 0 Å². The van der Waals surface area contributed by atoms with Crippen LogP contribution in [0, 0.1) is 6.92 Å². The maximum Gasteiger partial charge on any atom is 0.264 e. The maximum absolute atomic E-state index is 13.0. The number of nitrogens with zero attached hydrogens (tertiary/aromatic N) is 1. The minimum Gasteiger partial charge on any atom is -0.375 e. The van der Waals surface area contributed by atoms with Gasteiger partial charge in [-0.25, -0.2) is 0 Å². The molecule has 1 heterocycles. The highest BCUT2D eigenvalue weighted by Gasteiger charge is 2.50. The van der Waals surface area contributed by atoms with E-state index in [2.05, 4.69) is 22.9 Å². The van der Waals surface area contributed by atoms with Crippen LogP contribution in [0.15, 0.2) is 46.9 Å². The number of ketones is 1. The highest BCUT2D eigenvalue weighted by Crippen LogP contribution is 2.44. The molecule has 0 aliphatic carbocycles. The lowest BCUT2D eigenvalue weighted by Crippen LogP contribution is -2.42. The molecular weight excluding hydrogens is 394 g/mol. The van der Waals surface area contributed by atoms with Gasteiger partial charge in [-0.05, 0) is 31.5 Å². The Bertz CT molecular complexity index is 847. The van der Waals surface area contributed by atoms with E-state index in [1.165, 1.54) is 0 Å². The number of halogens is 1. The van der Waals surface area contributed by atoms with Gasteiger partial charge in [-0.15, -0.1) is 0 Å². The summed E-state index contributed by atoms with van der Waals surface area (Å²) in [5.41, 5.74) is 0.909. The first-order chi connectivity index (χ1) is 12.4. The van der Waals surface area contributed by atoms with Crippen molar-refractivity contribution in [2.75, 3.05) is 11.4 Å². The Morgan fingerprint density at radius 1 is 1.19 bits per heavy atom. The van der Waals surface area contributed by atoms with E-state index in [1.54, 1.807) is 23.1 Å². The van der Waals surface area contributed by atoms with Crippen molar-refractivity contribution in [3.05, 3.63) is 63.6 Å². The molecule has 5 heteroatoms. The lowest BCUT2D eigenvalue weighted by atomic mass is 9.88. The van der Waals surface area contributed by atoms with Crippen molar-refractivity contribution in [2.24, 2.45) is 0 Å². The first kappa shape index (κ1) is 18.8. The molecule has 0 radical (unpaired) electrons. The zero-order chi connectivity index (χ0) is 18.9. The molecule has 1 N–H and O–H groups in total. The molecule has 2 aromatic carbocycles. The van der Waals surface area contributed by atoms with E-state index < -0.39 is 11.5 Å². The Morgan fingerprint density at radius 2 is 1.88 bits per heavy atom. The van der Waals surface area contributed by atoms with Gasteiger partial charge >= 0.3 is 0 Å². The Balaban J connectivity index is 1.96. The van der Waals surface area contributed by atoms with Gasteiger partial charge in [0, 0.05) is 22.1 Å². The van der Waals surface area contributed by atoms with Crippen molar-refractivity contribution in [3.63, 3.8) is 0 Å². The topological polar surface area (TPSA) is 57.6 Å². The van der Waals surface area contributed by atoms with Gasteiger partial charge < -0.3 is 10.0 Å². The van der Waals surface area contributed by atoms with Crippen molar-refractivity contribution in [1.82, 2.24) is 0 Å². The van der Waals surface area contributed by atoms with Crippen LogP contribution in [-0.4, -0.2) is 23.3 Å². The predicted molar refractivity (Wildman–Crippen MR) is 105 cm³/mol. The van der Waals surface area contributed by atoms with Crippen LogP contribution in [0.5, 0.6) is 0 Å². The number of carbonyl (C=O) groups is 2. The van der Waals surface area contributed by atoms with E-state index in [1.807, 2.05) is 31.2 Å². The van der Waals surface area contributed by atoms with Gasteiger partial charge in [0.25, 0.3) is 5.91 Å². The minimum atomic E-state index is -1.82. The number of fused-ring (bicyclic) bond motifs is 1. The fourth-order valence-corrected chi connectivity index (χ4v) is 3.67. The van der Waals surface area contributed by atoms with E-state index in [0.29, 0.717) is 23.4 Å². The third kappa shape index (κ3) is 3.33. The number of anilines is 1. The van der Waals surface area contributed by atoms with Gasteiger partial charge in [-0.1, -0.05) is 59.1 Å². The van der Waals surface area contributed by atoms with Crippen molar-refractivity contribution in [3.8, 4) is 0 Å². The smallest absolute Gasteiger partial charge is 0.264 e. The molecule has 1 atom stereocenters. The van der Waals surface area contributed by atoms with E-state index in [-0.39, 0.29) is 12.2 Å². The molecule has 26 heavy (non-hydrogen) atoms. The molecule has 1 aliphatic rings. The summed E-state index contributed by atoms with van der Waals surface area (Å²) in [6.07, 6.45) is 1.51. The summed E-state index contributed by atoms with van der Waals surface area (Å²) < 4.78 is 0.766. The largest absolute Gasteiger partial charge is 0.375 e. The lowest BCUT2D eigenvalue weighted by molar-refractivity contribution is -0.135. The Kier molecular flexibility index (Phi) is 5.30. The van der Waals surface area contributed by atoms with Crippen molar-refractivity contribution in [1.29, 1.82) is 0 Å². The number of benzene rings is 2. The number of hydrogen-bond donors (Lipinski definition) is 1. The number of carbonyl (C=O) groups excluding carboxylic acids is 2. The molecule has 3 rings (SSSR count). The van der Waals surface area contributed by atoms with Crippen LogP contribution in [0.25, 0.3) is 0 Å². The van der Waals surface area contributed by atoms with Gasteiger partial charge in [-0.2, -0.15) is 0 Å². The molecule has 0 unspecified atom stereocenters. The molecule has 0 bridgehead atoms. The van der Waals surface area contributed by atoms with Crippen LogP contribution in [0.4, 0.5) is 5.69 Å². The van der Waals surface area contributed by atoms with Crippen molar-refractivity contribution in [2.45, 2.75) is 38.7 Å². The fourth-order valence-electron chi connectivity index (χ4n) is 3.31. The first-order valence-corrected chi connectivity index (χ1v) is 9.60. The average Bonchev–Trinajstić information content (AvgIpc) is 2.81. The normalized spacial score (nSPS) is 18.9. The number of aryl methyl sites for hydroxylation is 1. The summed E-state index contributed by atoms with van der Waals surface area (Å²) in [4.78, 5) is 27.4. The predicted octanol–water partition coefficient (Wildman–Crippen LogP) is 4.36. The summed E-state index contributed by atoms with van der Waals surface area (Å²) in [6, 6.07) is 12.6. The Hall–Kier alpha value is -1.98. The molecule has 0 aromatic heterocycles. The second-order valence-electron chi connectivity index (χ2n) is 6.80. The quantitative estimate of drug-likeness (QED) is 0.712. The number of amides is 1. The standard InChI is InChI=1S/C21H22BrNO3/c1-3-4-11-23-18-10-9-16(22)12-17(18)21(26,20(23)25)13-19(24)15-7-5-14(2)6-8-15/h5-10,12,26H,3-4,11,13H2,1-2H3/t21-/m1/s1. The second-order valence-corrected chi connectivity index (χ2v) is 7.71. The van der Waals surface area contributed by atoms with E-state index >= 15 is 0 Å². The van der Waals surface area contributed by atoms with Gasteiger partial charge in [0.2, 0.25) is 0 Å². The summed E-state index contributed by atoms with van der Waals surface area (Å²) in [6.45, 7) is 4.53. The minimum absolute atomic E-state index is 0.246. The van der Waals surface area contributed by atoms with Crippen molar-refractivity contribution >= 4 is 33.3 Å². The van der Waals surface area contributed by atoms with Gasteiger partial charge in [0.1, 0.15) is 0 Å². The van der Waals surface area contributed by atoms with Crippen LogP contribution < -0.4 is 4.90 Å². The zero-order valence-corrected chi connectivity index (χ0v) is 16.5. The number of hydrogen-bond acceptors (Lipinski definition) is 3. The molecule has 136 valence electrons. The zero-order valence-electron chi connectivity index (χ0n) is 15.0. The third-order valence-electron chi connectivity index (χ3n) is 4.82. The number of aliphatic hydroxyl groups is 1. The molecule has 0 fully saturated rings. The third-order valence-corrected chi connectivity index (χ3v) is 5.31. The molecule has 1 aliphatic heterocycles. The highest BCUT2D eigenvalue weighted by molar-refractivity contribution is 9.10. The first-order valence-electron chi connectivity index (χ1n) is 8.81. The van der Waals surface area contributed by atoms with Crippen LogP contribution in [0.3, 0.4) is 0 Å². The van der Waals surface area contributed by atoms with Crippen LogP contribution in [-0.2, 0) is 10.4 Å². The highest BCUT2D eigenvalue weighted by atomic mass is 79.9. The SMILES string of the molecule is CCCCN1C(=O)[C@@](O)(CC(=O)c2ccc(C)cc2)c2cc(Br)ccc21. The van der Waals surface area contributed by atoms with Gasteiger partial charge in [-0.3, -0.25) is 9.59 Å². The van der Waals surface area contributed by atoms with E-state index in [0.717, 1.165) is 22.9 Å². The van der Waals surface area contributed by atoms with Gasteiger partial charge in [0.15, 0.2) is 11.4 Å². The Morgan fingerprint density at radius 3 is 2.54 bits per heavy atom. The Labute approximate surface area is 162 Å². The molecular formula is C21H22BrNO3. The molecule has 1 amide bonds. The summed E-state index contributed by atoms with van der Waals surface area (Å²) in [5, 5.41) is 11.3. The second kappa shape index (κ2) is 7.33.